The third-order valence-corrected chi connectivity index (χ3v) is 1.06. The summed E-state index contributed by atoms with van der Waals surface area (Å²) in [5, 5.41) is 15.8. The number of aliphatic carboxylic acids is 1. The van der Waals surface area contributed by atoms with Crippen molar-refractivity contribution < 1.29 is 9.90 Å². The minimum atomic E-state index is -1.09. The standard InChI is InChI=1S/C3H3NO2Se.Na.H/c4-1-2(7)3(5)6;;/h2,7H,(H,5,6);;. The van der Waals surface area contributed by atoms with Crippen LogP contribution in [0.1, 0.15) is 0 Å². The van der Waals surface area contributed by atoms with Crippen LogP contribution < -0.4 is 0 Å². The Morgan fingerprint density at radius 1 is 1.88 bits per heavy atom. The Balaban J connectivity index is 0. The van der Waals surface area contributed by atoms with Gasteiger partial charge in [-0.3, -0.25) is 0 Å². The van der Waals surface area contributed by atoms with Gasteiger partial charge in [-0.1, -0.05) is 0 Å². The average molecular weight is 188 g/mol. The first-order valence-corrected chi connectivity index (χ1v) is 2.57. The molecule has 0 amide bonds. The number of rotatable bonds is 1. The molecule has 0 heterocycles. The summed E-state index contributed by atoms with van der Waals surface area (Å²) in [4.78, 5) is 8.75. The third kappa shape index (κ3) is 4.63. The van der Waals surface area contributed by atoms with Gasteiger partial charge < -0.3 is 0 Å². The van der Waals surface area contributed by atoms with Gasteiger partial charge >= 0.3 is 77.6 Å². The Hall–Kier alpha value is 0.479. The predicted molar refractivity (Wildman–Crippen MR) is 31.3 cm³/mol. The van der Waals surface area contributed by atoms with Crippen molar-refractivity contribution in [3.05, 3.63) is 0 Å². The van der Waals surface area contributed by atoms with Crippen LogP contribution >= 0.6 is 0 Å². The molecule has 0 spiro atoms. The molecule has 0 aromatic rings. The molecule has 1 N–H and O–H groups in total. The third-order valence-electron chi connectivity index (χ3n) is 0.356. The number of carboxylic acids is 1. The molecule has 40 valence electrons. The number of nitriles is 1. The first-order chi connectivity index (χ1) is 3.18. The van der Waals surface area contributed by atoms with E-state index in [0.29, 0.717) is 0 Å². The van der Waals surface area contributed by atoms with Crippen LogP contribution in [0.4, 0.5) is 0 Å². The van der Waals surface area contributed by atoms with E-state index in [0.717, 1.165) is 0 Å². The summed E-state index contributed by atoms with van der Waals surface area (Å²) in [5.74, 6) is -1.09. The first-order valence-electron chi connectivity index (χ1n) is 1.49. The van der Waals surface area contributed by atoms with Crippen molar-refractivity contribution in [1.29, 1.82) is 5.26 Å². The van der Waals surface area contributed by atoms with E-state index in [1.807, 2.05) is 0 Å². The topological polar surface area (TPSA) is 61.1 Å². The maximum absolute atomic E-state index is 9.69. The molecule has 5 heteroatoms. The summed E-state index contributed by atoms with van der Waals surface area (Å²) >= 11 is 1.75. The van der Waals surface area contributed by atoms with Gasteiger partial charge in [0.05, 0.1) is 0 Å². The minimum absolute atomic E-state index is 0. The SMILES string of the molecule is N#CC([SeH])C(=O)O.[NaH]. The molecule has 0 fully saturated rings. The summed E-state index contributed by atoms with van der Waals surface area (Å²) < 4.78 is 0. The van der Waals surface area contributed by atoms with Gasteiger partial charge in [0, 0.05) is 0 Å². The van der Waals surface area contributed by atoms with Crippen molar-refractivity contribution in [1.82, 2.24) is 0 Å². The average Bonchev–Trinajstić information content (AvgIpc) is 1.65. The van der Waals surface area contributed by atoms with Gasteiger partial charge in [-0.25, -0.2) is 0 Å². The summed E-state index contributed by atoms with van der Waals surface area (Å²) in [7, 11) is 0. The van der Waals surface area contributed by atoms with Crippen molar-refractivity contribution in [2.45, 2.75) is 4.82 Å². The Bertz CT molecular complexity index is 121. The van der Waals surface area contributed by atoms with Crippen molar-refractivity contribution in [2.75, 3.05) is 0 Å². The zero-order valence-corrected chi connectivity index (χ0v) is 5.20. The van der Waals surface area contributed by atoms with E-state index in [9.17, 15) is 4.79 Å². The van der Waals surface area contributed by atoms with Crippen LogP contribution in [0.25, 0.3) is 0 Å². The van der Waals surface area contributed by atoms with E-state index in [2.05, 4.69) is 0 Å². The van der Waals surface area contributed by atoms with Crippen molar-refractivity contribution in [3.63, 3.8) is 0 Å². The van der Waals surface area contributed by atoms with Crippen LogP contribution in [0.5, 0.6) is 0 Å². The van der Waals surface area contributed by atoms with Crippen molar-refractivity contribution >= 4 is 51.5 Å². The number of carbonyl (C=O) groups is 1. The molecule has 0 bridgehead atoms. The molecule has 0 aliphatic rings. The molecule has 0 aromatic carbocycles. The molecule has 0 rings (SSSR count). The second-order valence-electron chi connectivity index (χ2n) is 0.870. The van der Waals surface area contributed by atoms with Crippen LogP contribution in [0.3, 0.4) is 0 Å². The van der Waals surface area contributed by atoms with Crippen LogP contribution in [0, 0.1) is 11.3 Å². The zero-order valence-electron chi connectivity index (χ0n) is 3.33. The molecule has 1 atom stereocenters. The van der Waals surface area contributed by atoms with Gasteiger partial charge in [0.25, 0.3) is 0 Å². The molecule has 0 aliphatic carbocycles. The fraction of sp³-hybridized carbons (Fsp3) is 0.333. The second kappa shape index (κ2) is 5.61. The van der Waals surface area contributed by atoms with Gasteiger partial charge in [0.2, 0.25) is 0 Å². The second-order valence-corrected chi connectivity index (χ2v) is 1.95. The molecule has 1 unspecified atom stereocenters. The van der Waals surface area contributed by atoms with Gasteiger partial charge in [-0.2, -0.15) is 0 Å². The molecule has 0 saturated heterocycles. The quantitative estimate of drug-likeness (QED) is 0.516. The van der Waals surface area contributed by atoms with Gasteiger partial charge in [-0.05, 0) is 0 Å². The monoisotopic (exact) mass is 189 g/mol. The zero-order chi connectivity index (χ0) is 5.86. The van der Waals surface area contributed by atoms with Crippen LogP contribution in [-0.4, -0.2) is 56.6 Å². The fourth-order valence-electron chi connectivity index (χ4n) is 0.0552. The molecule has 8 heavy (non-hydrogen) atoms. The Labute approximate surface area is 77.2 Å². The van der Waals surface area contributed by atoms with Gasteiger partial charge in [0.15, 0.2) is 0 Å². The normalized spacial score (nSPS) is 10.5. The Morgan fingerprint density at radius 3 is 2.25 bits per heavy atom. The molecule has 3 nitrogen and oxygen atoms in total. The predicted octanol–water partition coefficient (Wildman–Crippen LogP) is -1.36. The summed E-state index contributed by atoms with van der Waals surface area (Å²) in [6, 6.07) is 1.54. The maximum atomic E-state index is 9.69. The fourth-order valence-corrected chi connectivity index (χ4v) is 0.0552. The Morgan fingerprint density at radius 2 is 2.25 bits per heavy atom. The Kier molecular flexibility index (Phi) is 7.93. The summed E-state index contributed by atoms with van der Waals surface area (Å²) in [6.07, 6.45) is 0. The number of carboxylic acid groups (broad SMARTS) is 1. The van der Waals surface area contributed by atoms with Crippen molar-refractivity contribution in [2.24, 2.45) is 0 Å². The number of hydrogen-bond donors (Lipinski definition) is 1. The van der Waals surface area contributed by atoms with Crippen LogP contribution in [0.2, 0.25) is 4.82 Å². The van der Waals surface area contributed by atoms with E-state index >= 15 is 0 Å². The van der Waals surface area contributed by atoms with E-state index < -0.39 is 10.8 Å². The van der Waals surface area contributed by atoms with Crippen molar-refractivity contribution in [3.8, 4) is 6.07 Å². The van der Waals surface area contributed by atoms with Crippen LogP contribution in [0.15, 0.2) is 0 Å². The van der Waals surface area contributed by atoms with E-state index in [4.69, 9.17) is 10.4 Å². The number of nitrogens with zero attached hydrogens (tertiary/aromatic N) is 1. The van der Waals surface area contributed by atoms with Crippen LogP contribution in [-0.2, 0) is 4.79 Å². The van der Waals surface area contributed by atoms with Gasteiger partial charge in [-0.15, -0.1) is 0 Å². The molecule has 0 aliphatic heterocycles. The molecular weight excluding hydrogens is 184 g/mol. The molecule has 0 saturated carbocycles. The number of hydrogen-bond acceptors (Lipinski definition) is 2. The molecular formula is C3H4NNaO2Se. The molecule has 0 aromatic heterocycles. The summed E-state index contributed by atoms with van der Waals surface area (Å²) in [6.45, 7) is 0. The first kappa shape index (κ1) is 11.3. The van der Waals surface area contributed by atoms with E-state index in [1.54, 1.807) is 16.0 Å². The van der Waals surface area contributed by atoms with Gasteiger partial charge in [0.1, 0.15) is 0 Å². The van der Waals surface area contributed by atoms with E-state index in [-0.39, 0.29) is 29.6 Å². The molecule has 0 radical (unpaired) electrons. The summed E-state index contributed by atoms with van der Waals surface area (Å²) in [5.41, 5.74) is 0. The van der Waals surface area contributed by atoms with E-state index in [1.165, 1.54) is 6.07 Å².